The Morgan fingerprint density at radius 3 is 2.61 bits per heavy atom. The zero-order chi connectivity index (χ0) is 13.3. The van der Waals surface area contributed by atoms with Gasteiger partial charge in [-0.2, -0.15) is 0 Å². The number of rotatable bonds is 3. The summed E-state index contributed by atoms with van der Waals surface area (Å²) in [5, 5.41) is 0.855. The fourth-order valence-corrected chi connectivity index (χ4v) is 2.59. The number of aldehydes is 1. The normalized spacial score (nSPS) is 10.4. The maximum absolute atomic E-state index is 11.2. The molecule has 0 spiro atoms. The summed E-state index contributed by atoms with van der Waals surface area (Å²) in [6.07, 6.45) is 0.891. The van der Waals surface area contributed by atoms with Crippen LogP contribution in [0.25, 0.3) is 11.3 Å². The Hall–Kier alpha value is -1.68. The molecule has 1 heterocycles. The molecule has 0 amide bonds. The standard InChI is InChI=1S/C14H16N2OS/c1-9-5-6-10(2)11(7-9)13-12(8-17)18-14(15-13)16(3)4/h5-8H,1-4H3. The molecule has 94 valence electrons. The van der Waals surface area contributed by atoms with E-state index < -0.39 is 0 Å². The van der Waals surface area contributed by atoms with Gasteiger partial charge in [-0.25, -0.2) is 4.98 Å². The molecule has 0 saturated heterocycles. The summed E-state index contributed by atoms with van der Waals surface area (Å²) < 4.78 is 0. The van der Waals surface area contributed by atoms with Gasteiger partial charge in [-0.15, -0.1) is 0 Å². The Morgan fingerprint density at radius 1 is 1.28 bits per heavy atom. The summed E-state index contributed by atoms with van der Waals surface area (Å²) >= 11 is 1.42. The van der Waals surface area contributed by atoms with Crippen molar-refractivity contribution in [3.8, 4) is 11.3 Å². The van der Waals surface area contributed by atoms with Crippen LogP contribution in [0, 0.1) is 13.8 Å². The number of carbonyl (C=O) groups is 1. The maximum Gasteiger partial charge on any atom is 0.186 e. The van der Waals surface area contributed by atoms with Gasteiger partial charge in [-0.1, -0.05) is 29.0 Å². The highest BCUT2D eigenvalue weighted by Crippen LogP contribution is 2.33. The average molecular weight is 260 g/mol. The van der Waals surface area contributed by atoms with Crippen LogP contribution in [0.5, 0.6) is 0 Å². The second-order valence-corrected chi connectivity index (χ2v) is 5.55. The lowest BCUT2D eigenvalue weighted by atomic mass is 10.0. The van der Waals surface area contributed by atoms with Crippen molar-refractivity contribution in [3.63, 3.8) is 0 Å². The number of aryl methyl sites for hydroxylation is 2. The zero-order valence-electron chi connectivity index (χ0n) is 11.0. The van der Waals surface area contributed by atoms with Gasteiger partial charge >= 0.3 is 0 Å². The first-order chi connectivity index (χ1) is 8.52. The molecule has 0 radical (unpaired) electrons. The largest absolute Gasteiger partial charge is 0.354 e. The van der Waals surface area contributed by atoms with E-state index in [1.165, 1.54) is 16.9 Å². The van der Waals surface area contributed by atoms with Gasteiger partial charge in [0, 0.05) is 19.7 Å². The molecule has 0 fully saturated rings. The minimum absolute atomic E-state index is 0.687. The minimum atomic E-state index is 0.687. The van der Waals surface area contributed by atoms with Gasteiger partial charge in [-0.05, 0) is 25.5 Å². The van der Waals surface area contributed by atoms with E-state index in [4.69, 9.17) is 0 Å². The topological polar surface area (TPSA) is 33.2 Å². The van der Waals surface area contributed by atoms with E-state index in [1.54, 1.807) is 0 Å². The van der Waals surface area contributed by atoms with Crippen LogP contribution in [0.1, 0.15) is 20.8 Å². The van der Waals surface area contributed by atoms with Crippen LogP contribution in [0.2, 0.25) is 0 Å². The van der Waals surface area contributed by atoms with Crippen LogP contribution >= 0.6 is 11.3 Å². The molecule has 0 atom stereocenters. The highest BCUT2D eigenvalue weighted by atomic mass is 32.1. The van der Waals surface area contributed by atoms with Gasteiger partial charge in [0.1, 0.15) is 0 Å². The molecule has 0 saturated carbocycles. The smallest absolute Gasteiger partial charge is 0.186 e. The molecular weight excluding hydrogens is 244 g/mol. The van der Waals surface area contributed by atoms with Crippen molar-refractivity contribution in [1.82, 2.24) is 4.98 Å². The SMILES string of the molecule is Cc1ccc(C)c(-c2nc(N(C)C)sc2C=O)c1. The van der Waals surface area contributed by atoms with Crippen molar-refractivity contribution in [1.29, 1.82) is 0 Å². The summed E-state index contributed by atoms with van der Waals surface area (Å²) in [5.41, 5.74) is 4.15. The first kappa shape index (κ1) is 12.8. The first-order valence-electron chi connectivity index (χ1n) is 5.74. The van der Waals surface area contributed by atoms with Gasteiger partial charge < -0.3 is 4.90 Å². The van der Waals surface area contributed by atoms with Gasteiger partial charge in [0.25, 0.3) is 0 Å². The molecule has 3 nitrogen and oxygen atoms in total. The van der Waals surface area contributed by atoms with Gasteiger partial charge in [0.2, 0.25) is 0 Å². The second kappa shape index (κ2) is 4.90. The van der Waals surface area contributed by atoms with Crippen molar-refractivity contribution in [2.24, 2.45) is 0 Å². The molecule has 18 heavy (non-hydrogen) atoms. The summed E-state index contributed by atoms with van der Waals surface area (Å²) in [4.78, 5) is 18.4. The van der Waals surface area contributed by atoms with Crippen LogP contribution in [0.3, 0.4) is 0 Å². The lowest BCUT2D eigenvalue weighted by molar-refractivity contribution is 0.112. The van der Waals surface area contributed by atoms with Crippen molar-refractivity contribution in [2.75, 3.05) is 19.0 Å². The minimum Gasteiger partial charge on any atom is -0.354 e. The summed E-state index contributed by atoms with van der Waals surface area (Å²) in [6, 6.07) is 6.21. The van der Waals surface area contributed by atoms with Gasteiger partial charge in [0.15, 0.2) is 11.4 Å². The molecule has 2 aromatic rings. The molecule has 2 rings (SSSR count). The van der Waals surface area contributed by atoms with Crippen molar-refractivity contribution >= 4 is 22.8 Å². The first-order valence-corrected chi connectivity index (χ1v) is 6.55. The number of thiazole rings is 1. The van der Waals surface area contributed by atoms with Crippen LogP contribution in [-0.4, -0.2) is 25.4 Å². The third kappa shape index (κ3) is 2.29. The van der Waals surface area contributed by atoms with Gasteiger partial charge in [-0.3, -0.25) is 4.79 Å². The van der Waals surface area contributed by atoms with E-state index in [0.29, 0.717) is 4.88 Å². The zero-order valence-corrected chi connectivity index (χ0v) is 11.8. The van der Waals surface area contributed by atoms with Crippen molar-refractivity contribution in [2.45, 2.75) is 13.8 Å². The molecule has 0 aliphatic carbocycles. The highest BCUT2D eigenvalue weighted by molar-refractivity contribution is 7.17. The van der Waals surface area contributed by atoms with E-state index in [-0.39, 0.29) is 0 Å². The van der Waals surface area contributed by atoms with Gasteiger partial charge in [0.05, 0.1) is 10.6 Å². The summed E-state index contributed by atoms with van der Waals surface area (Å²) in [6.45, 7) is 4.08. The number of benzene rings is 1. The Kier molecular flexibility index (Phi) is 3.48. The lowest BCUT2D eigenvalue weighted by Gasteiger charge is -2.07. The number of nitrogens with zero attached hydrogens (tertiary/aromatic N) is 2. The third-order valence-corrected chi connectivity index (χ3v) is 3.93. The predicted molar refractivity (Wildman–Crippen MR) is 76.7 cm³/mol. The van der Waals surface area contributed by atoms with Crippen LogP contribution in [0.15, 0.2) is 18.2 Å². The van der Waals surface area contributed by atoms with E-state index in [0.717, 1.165) is 28.2 Å². The number of anilines is 1. The highest BCUT2D eigenvalue weighted by Gasteiger charge is 2.15. The van der Waals surface area contributed by atoms with Crippen LogP contribution in [-0.2, 0) is 0 Å². The van der Waals surface area contributed by atoms with Crippen LogP contribution < -0.4 is 4.90 Å². The molecule has 1 aromatic heterocycles. The molecular formula is C14H16N2OS. The number of hydrogen-bond donors (Lipinski definition) is 0. The predicted octanol–water partition coefficient (Wildman–Crippen LogP) is 3.31. The second-order valence-electron chi connectivity index (χ2n) is 4.54. The monoisotopic (exact) mass is 260 g/mol. The van der Waals surface area contributed by atoms with E-state index in [2.05, 4.69) is 23.2 Å². The quantitative estimate of drug-likeness (QED) is 0.794. The van der Waals surface area contributed by atoms with Crippen molar-refractivity contribution in [3.05, 3.63) is 34.2 Å². The fraction of sp³-hybridized carbons (Fsp3) is 0.286. The fourth-order valence-electron chi connectivity index (χ4n) is 1.78. The van der Waals surface area contributed by atoms with Crippen molar-refractivity contribution < 1.29 is 4.79 Å². The molecule has 0 aliphatic rings. The summed E-state index contributed by atoms with van der Waals surface area (Å²) in [7, 11) is 3.86. The summed E-state index contributed by atoms with van der Waals surface area (Å²) in [5.74, 6) is 0. The molecule has 0 N–H and O–H groups in total. The lowest BCUT2D eigenvalue weighted by Crippen LogP contribution is -2.07. The van der Waals surface area contributed by atoms with E-state index in [1.807, 2.05) is 32.8 Å². The Morgan fingerprint density at radius 2 is 2.00 bits per heavy atom. The molecule has 4 heteroatoms. The molecule has 0 unspecified atom stereocenters. The average Bonchev–Trinajstić information content (AvgIpc) is 2.76. The molecule has 0 bridgehead atoms. The molecule has 0 aliphatic heterocycles. The van der Waals surface area contributed by atoms with E-state index >= 15 is 0 Å². The Balaban J connectivity index is 2.62. The number of hydrogen-bond acceptors (Lipinski definition) is 4. The van der Waals surface area contributed by atoms with Crippen LogP contribution in [0.4, 0.5) is 5.13 Å². The number of aromatic nitrogens is 1. The maximum atomic E-state index is 11.2. The van der Waals surface area contributed by atoms with E-state index in [9.17, 15) is 4.79 Å². The molecule has 1 aromatic carbocycles. The Labute approximate surface area is 111 Å². The number of carbonyl (C=O) groups excluding carboxylic acids is 1. The third-order valence-electron chi connectivity index (χ3n) is 2.78. The Bertz CT molecular complexity index is 587.